The van der Waals surface area contributed by atoms with E-state index in [4.69, 9.17) is 4.74 Å². The van der Waals surface area contributed by atoms with E-state index >= 15 is 0 Å². The molecule has 1 aliphatic heterocycles. The fourth-order valence-corrected chi connectivity index (χ4v) is 3.33. The summed E-state index contributed by atoms with van der Waals surface area (Å²) in [4.78, 5) is 14.7. The summed E-state index contributed by atoms with van der Waals surface area (Å²) in [6.07, 6.45) is 6.89. The van der Waals surface area contributed by atoms with Crippen molar-refractivity contribution in [2.45, 2.75) is 51.5 Å². The number of hydrogen-bond donors (Lipinski definition) is 0. The van der Waals surface area contributed by atoms with E-state index in [2.05, 4.69) is 11.8 Å². The minimum Gasteiger partial charge on any atom is -0.381 e. The van der Waals surface area contributed by atoms with E-state index < -0.39 is 0 Å². The number of rotatable bonds is 4. The van der Waals surface area contributed by atoms with Crippen molar-refractivity contribution < 1.29 is 9.53 Å². The van der Waals surface area contributed by atoms with Crippen LogP contribution in [0.25, 0.3) is 0 Å². The van der Waals surface area contributed by atoms with Crippen molar-refractivity contribution in [3.8, 4) is 0 Å². The molecule has 3 aliphatic rings. The molecule has 1 spiro atoms. The summed E-state index contributed by atoms with van der Waals surface area (Å²) in [6.45, 7) is 4.86. The Morgan fingerprint density at radius 2 is 2.06 bits per heavy atom. The van der Waals surface area contributed by atoms with Gasteiger partial charge in [0.2, 0.25) is 5.91 Å². The van der Waals surface area contributed by atoms with Gasteiger partial charge in [0.1, 0.15) is 0 Å². The summed E-state index contributed by atoms with van der Waals surface area (Å²) in [5, 5.41) is 0. The van der Waals surface area contributed by atoms with Gasteiger partial charge in [-0.05, 0) is 43.9 Å². The first kappa shape index (κ1) is 11.5. The lowest BCUT2D eigenvalue weighted by molar-refractivity contribution is -0.134. The highest BCUT2D eigenvalue weighted by atomic mass is 16.5. The Labute approximate surface area is 104 Å². The van der Waals surface area contributed by atoms with Crippen molar-refractivity contribution in [2.75, 3.05) is 19.8 Å². The number of amides is 1. The van der Waals surface area contributed by atoms with Crippen LogP contribution in [0.2, 0.25) is 0 Å². The predicted octanol–water partition coefficient (Wildman–Crippen LogP) is 2.20. The van der Waals surface area contributed by atoms with Gasteiger partial charge in [-0.15, -0.1) is 0 Å². The van der Waals surface area contributed by atoms with Crippen LogP contribution in [0.15, 0.2) is 0 Å². The summed E-state index contributed by atoms with van der Waals surface area (Å²) >= 11 is 0. The average Bonchev–Trinajstić information content (AvgIpc) is 3.23. The van der Waals surface area contributed by atoms with Crippen LogP contribution in [0.4, 0.5) is 0 Å². The number of hydrogen-bond acceptors (Lipinski definition) is 2. The molecule has 3 rings (SSSR count). The van der Waals surface area contributed by atoms with Crippen molar-refractivity contribution >= 4 is 5.91 Å². The zero-order chi connectivity index (χ0) is 11.9. The number of carbonyl (C=O) groups is 1. The van der Waals surface area contributed by atoms with Crippen LogP contribution >= 0.6 is 0 Å². The van der Waals surface area contributed by atoms with Crippen molar-refractivity contribution in [3.05, 3.63) is 0 Å². The standard InChI is InChI=1S/C14H23NO2/c1-2-7-15(11-3-4-11)13(16)12-10-14(12)5-8-17-9-6-14/h11-12H,2-10H2,1H3. The second-order valence-electron chi connectivity index (χ2n) is 5.99. The maximum absolute atomic E-state index is 12.5. The third-order valence-corrected chi connectivity index (χ3v) is 4.71. The molecular weight excluding hydrogens is 214 g/mol. The Hall–Kier alpha value is -0.570. The van der Waals surface area contributed by atoms with Gasteiger partial charge in [0.05, 0.1) is 0 Å². The maximum atomic E-state index is 12.5. The molecular formula is C14H23NO2. The van der Waals surface area contributed by atoms with Crippen LogP contribution in [0.1, 0.15) is 45.4 Å². The van der Waals surface area contributed by atoms with Crippen LogP contribution < -0.4 is 0 Å². The van der Waals surface area contributed by atoms with Gasteiger partial charge in [0.15, 0.2) is 0 Å². The van der Waals surface area contributed by atoms with Gasteiger partial charge in [-0.25, -0.2) is 0 Å². The van der Waals surface area contributed by atoms with Crippen LogP contribution in [0, 0.1) is 11.3 Å². The maximum Gasteiger partial charge on any atom is 0.226 e. The molecule has 3 heteroatoms. The zero-order valence-corrected chi connectivity index (χ0v) is 10.8. The van der Waals surface area contributed by atoms with Gasteiger partial charge in [-0.1, -0.05) is 6.92 Å². The van der Waals surface area contributed by atoms with Gasteiger partial charge in [-0.3, -0.25) is 4.79 Å². The van der Waals surface area contributed by atoms with E-state index in [-0.39, 0.29) is 0 Å². The molecule has 3 nitrogen and oxygen atoms in total. The molecule has 0 aromatic carbocycles. The fourth-order valence-electron chi connectivity index (χ4n) is 3.33. The SMILES string of the molecule is CCCN(C(=O)C1CC12CCOCC2)C1CC1. The molecule has 0 N–H and O–H groups in total. The van der Waals surface area contributed by atoms with Crippen molar-refractivity contribution in [1.82, 2.24) is 4.90 Å². The van der Waals surface area contributed by atoms with Crippen LogP contribution in [-0.4, -0.2) is 36.6 Å². The van der Waals surface area contributed by atoms with Gasteiger partial charge in [0, 0.05) is 31.7 Å². The van der Waals surface area contributed by atoms with E-state index in [9.17, 15) is 4.79 Å². The third-order valence-electron chi connectivity index (χ3n) is 4.71. The van der Waals surface area contributed by atoms with E-state index in [1.807, 2.05) is 0 Å². The Balaban J connectivity index is 1.62. The lowest BCUT2D eigenvalue weighted by Gasteiger charge is -2.26. The molecule has 0 bridgehead atoms. The molecule has 17 heavy (non-hydrogen) atoms. The molecule has 1 saturated heterocycles. The zero-order valence-electron chi connectivity index (χ0n) is 10.8. The van der Waals surface area contributed by atoms with E-state index in [1.165, 1.54) is 12.8 Å². The lowest BCUT2D eigenvalue weighted by Crippen LogP contribution is -2.37. The van der Waals surface area contributed by atoms with Crippen LogP contribution in [0.5, 0.6) is 0 Å². The molecule has 0 aromatic heterocycles. The normalized spacial score (nSPS) is 30.3. The molecule has 0 aromatic rings. The molecule has 2 saturated carbocycles. The first-order valence-electron chi connectivity index (χ1n) is 7.15. The fraction of sp³-hybridized carbons (Fsp3) is 0.929. The summed E-state index contributed by atoms with van der Waals surface area (Å²) in [5.74, 6) is 0.787. The first-order valence-corrected chi connectivity index (χ1v) is 7.15. The van der Waals surface area contributed by atoms with Crippen molar-refractivity contribution in [2.24, 2.45) is 11.3 Å². The Morgan fingerprint density at radius 1 is 1.35 bits per heavy atom. The van der Waals surface area contributed by atoms with Gasteiger partial charge < -0.3 is 9.64 Å². The number of carbonyl (C=O) groups excluding carboxylic acids is 1. The molecule has 0 radical (unpaired) electrons. The molecule has 1 amide bonds. The van der Waals surface area contributed by atoms with Gasteiger partial charge in [-0.2, -0.15) is 0 Å². The molecule has 1 unspecified atom stereocenters. The predicted molar refractivity (Wildman–Crippen MR) is 65.6 cm³/mol. The first-order chi connectivity index (χ1) is 8.27. The van der Waals surface area contributed by atoms with Crippen LogP contribution in [0.3, 0.4) is 0 Å². The van der Waals surface area contributed by atoms with Crippen LogP contribution in [-0.2, 0) is 9.53 Å². The van der Waals surface area contributed by atoms with E-state index in [1.54, 1.807) is 0 Å². The molecule has 96 valence electrons. The highest BCUT2D eigenvalue weighted by Gasteiger charge is 2.59. The van der Waals surface area contributed by atoms with Crippen molar-refractivity contribution in [3.63, 3.8) is 0 Å². The quantitative estimate of drug-likeness (QED) is 0.750. The smallest absolute Gasteiger partial charge is 0.226 e. The average molecular weight is 237 g/mol. The molecule has 3 fully saturated rings. The number of nitrogens with zero attached hydrogens (tertiary/aromatic N) is 1. The monoisotopic (exact) mass is 237 g/mol. The van der Waals surface area contributed by atoms with Crippen molar-refractivity contribution in [1.29, 1.82) is 0 Å². The minimum absolute atomic E-state index is 0.332. The summed E-state index contributed by atoms with van der Waals surface area (Å²) in [5.41, 5.74) is 0.343. The Kier molecular flexibility index (Phi) is 2.89. The topological polar surface area (TPSA) is 29.5 Å². The summed E-state index contributed by atoms with van der Waals surface area (Å²) in [7, 11) is 0. The second-order valence-corrected chi connectivity index (χ2v) is 5.99. The minimum atomic E-state index is 0.332. The third kappa shape index (κ3) is 2.10. The lowest BCUT2D eigenvalue weighted by atomic mass is 9.93. The van der Waals surface area contributed by atoms with Gasteiger partial charge >= 0.3 is 0 Å². The highest BCUT2D eigenvalue weighted by Crippen LogP contribution is 2.60. The molecule has 1 atom stereocenters. The number of ether oxygens (including phenoxy) is 1. The van der Waals surface area contributed by atoms with E-state index in [0.717, 1.165) is 45.4 Å². The molecule has 1 heterocycles. The summed E-state index contributed by atoms with van der Waals surface area (Å²) in [6, 6.07) is 0.583. The highest BCUT2D eigenvalue weighted by molar-refractivity contribution is 5.83. The Bertz CT molecular complexity index is 305. The Morgan fingerprint density at radius 3 is 2.65 bits per heavy atom. The van der Waals surface area contributed by atoms with E-state index in [0.29, 0.717) is 23.3 Å². The summed E-state index contributed by atoms with van der Waals surface area (Å²) < 4.78 is 5.42. The molecule has 2 aliphatic carbocycles. The largest absolute Gasteiger partial charge is 0.381 e. The second kappa shape index (κ2) is 4.27. The van der Waals surface area contributed by atoms with Gasteiger partial charge in [0.25, 0.3) is 0 Å².